The van der Waals surface area contributed by atoms with E-state index >= 15 is 0 Å². The monoisotopic (exact) mass is 235 g/mol. The SMILES string of the molecule is COc1cccc(OC(C)C2CCNCC2)c1. The molecule has 1 unspecified atom stereocenters. The fraction of sp³-hybridized carbons (Fsp3) is 0.571. The van der Waals surface area contributed by atoms with Crippen molar-refractivity contribution in [2.45, 2.75) is 25.9 Å². The molecule has 1 heterocycles. The van der Waals surface area contributed by atoms with Gasteiger partial charge in [-0.3, -0.25) is 0 Å². The van der Waals surface area contributed by atoms with Crippen molar-refractivity contribution in [1.29, 1.82) is 0 Å². The molecule has 17 heavy (non-hydrogen) atoms. The van der Waals surface area contributed by atoms with E-state index in [1.54, 1.807) is 7.11 Å². The van der Waals surface area contributed by atoms with Crippen molar-refractivity contribution in [3.63, 3.8) is 0 Å². The minimum absolute atomic E-state index is 0.268. The van der Waals surface area contributed by atoms with Crippen LogP contribution in [-0.2, 0) is 0 Å². The van der Waals surface area contributed by atoms with E-state index in [0.717, 1.165) is 24.6 Å². The van der Waals surface area contributed by atoms with Crippen LogP contribution in [0.5, 0.6) is 11.5 Å². The van der Waals surface area contributed by atoms with Crippen LogP contribution in [-0.4, -0.2) is 26.3 Å². The molecule has 0 radical (unpaired) electrons. The smallest absolute Gasteiger partial charge is 0.123 e. The Kier molecular flexibility index (Phi) is 4.26. The molecule has 2 rings (SSSR count). The quantitative estimate of drug-likeness (QED) is 0.869. The van der Waals surface area contributed by atoms with Crippen LogP contribution in [0.15, 0.2) is 24.3 Å². The van der Waals surface area contributed by atoms with Crippen molar-refractivity contribution in [1.82, 2.24) is 5.32 Å². The summed E-state index contributed by atoms with van der Waals surface area (Å²) in [6, 6.07) is 7.82. The average Bonchev–Trinajstić information content (AvgIpc) is 2.40. The molecule has 3 heteroatoms. The third-order valence-electron chi connectivity index (χ3n) is 3.41. The summed E-state index contributed by atoms with van der Waals surface area (Å²) in [4.78, 5) is 0. The Morgan fingerprint density at radius 2 is 1.94 bits per heavy atom. The minimum Gasteiger partial charge on any atom is -0.497 e. The topological polar surface area (TPSA) is 30.5 Å². The van der Waals surface area contributed by atoms with Gasteiger partial charge in [0, 0.05) is 6.07 Å². The molecule has 0 bridgehead atoms. The van der Waals surface area contributed by atoms with Gasteiger partial charge in [-0.1, -0.05) is 6.07 Å². The lowest BCUT2D eigenvalue weighted by Crippen LogP contribution is -2.35. The highest BCUT2D eigenvalue weighted by Gasteiger charge is 2.21. The van der Waals surface area contributed by atoms with Crippen molar-refractivity contribution in [2.75, 3.05) is 20.2 Å². The normalized spacial score (nSPS) is 18.7. The summed E-state index contributed by atoms with van der Waals surface area (Å²) in [6.45, 7) is 4.38. The summed E-state index contributed by atoms with van der Waals surface area (Å²) in [5.74, 6) is 2.40. The van der Waals surface area contributed by atoms with Gasteiger partial charge in [0.2, 0.25) is 0 Å². The second-order valence-corrected chi connectivity index (χ2v) is 4.59. The van der Waals surface area contributed by atoms with Crippen LogP contribution in [0.1, 0.15) is 19.8 Å². The zero-order chi connectivity index (χ0) is 12.1. The highest BCUT2D eigenvalue weighted by Crippen LogP contribution is 2.24. The molecule has 1 fully saturated rings. The first-order valence-corrected chi connectivity index (χ1v) is 6.31. The van der Waals surface area contributed by atoms with E-state index < -0.39 is 0 Å². The molecule has 0 saturated carbocycles. The zero-order valence-electron chi connectivity index (χ0n) is 10.6. The highest BCUT2D eigenvalue weighted by atomic mass is 16.5. The number of benzene rings is 1. The molecule has 1 aromatic rings. The average molecular weight is 235 g/mol. The fourth-order valence-corrected chi connectivity index (χ4v) is 2.30. The van der Waals surface area contributed by atoms with E-state index in [2.05, 4.69) is 12.2 Å². The first-order valence-electron chi connectivity index (χ1n) is 6.31. The maximum absolute atomic E-state index is 5.99. The Morgan fingerprint density at radius 3 is 2.65 bits per heavy atom. The Hall–Kier alpha value is -1.22. The van der Waals surface area contributed by atoms with Crippen LogP contribution >= 0.6 is 0 Å². The van der Waals surface area contributed by atoms with Crippen LogP contribution < -0.4 is 14.8 Å². The molecule has 3 nitrogen and oxygen atoms in total. The van der Waals surface area contributed by atoms with Crippen molar-refractivity contribution >= 4 is 0 Å². The lowest BCUT2D eigenvalue weighted by atomic mass is 9.93. The number of ether oxygens (including phenoxy) is 2. The molecule has 1 atom stereocenters. The predicted molar refractivity (Wildman–Crippen MR) is 68.7 cm³/mol. The van der Waals surface area contributed by atoms with Crippen LogP contribution in [0.25, 0.3) is 0 Å². The lowest BCUT2D eigenvalue weighted by Gasteiger charge is -2.28. The number of hydrogen-bond acceptors (Lipinski definition) is 3. The van der Waals surface area contributed by atoms with Gasteiger partial charge in [0.05, 0.1) is 13.2 Å². The Balaban J connectivity index is 1.94. The third-order valence-corrected chi connectivity index (χ3v) is 3.41. The molecule has 1 saturated heterocycles. The van der Waals surface area contributed by atoms with E-state index in [0.29, 0.717) is 5.92 Å². The number of piperidine rings is 1. The summed E-state index contributed by atoms with van der Waals surface area (Å²) < 4.78 is 11.2. The molecule has 0 aliphatic carbocycles. The molecular formula is C14H21NO2. The van der Waals surface area contributed by atoms with Crippen LogP contribution in [0.4, 0.5) is 0 Å². The summed E-state index contributed by atoms with van der Waals surface area (Å²) in [6.07, 6.45) is 2.67. The molecule has 1 aliphatic heterocycles. The Labute approximate surface area is 103 Å². The van der Waals surface area contributed by atoms with E-state index in [-0.39, 0.29) is 6.10 Å². The van der Waals surface area contributed by atoms with E-state index in [1.807, 2.05) is 24.3 Å². The van der Waals surface area contributed by atoms with E-state index in [4.69, 9.17) is 9.47 Å². The number of nitrogens with one attached hydrogen (secondary N) is 1. The van der Waals surface area contributed by atoms with Crippen molar-refractivity contribution in [3.05, 3.63) is 24.3 Å². The standard InChI is InChI=1S/C14H21NO2/c1-11(12-6-8-15-9-7-12)17-14-5-3-4-13(10-14)16-2/h3-5,10-12,15H,6-9H2,1-2H3. The predicted octanol–water partition coefficient (Wildman–Crippen LogP) is 2.46. The van der Waals surface area contributed by atoms with Gasteiger partial charge < -0.3 is 14.8 Å². The molecule has 0 amide bonds. The van der Waals surface area contributed by atoms with Gasteiger partial charge in [0.15, 0.2) is 0 Å². The van der Waals surface area contributed by atoms with Crippen LogP contribution in [0, 0.1) is 5.92 Å². The second-order valence-electron chi connectivity index (χ2n) is 4.59. The number of hydrogen-bond donors (Lipinski definition) is 1. The molecule has 1 N–H and O–H groups in total. The molecule has 0 aromatic heterocycles. The summed E-state index contributed by atoms with van der Waals surface area (Å²) in [5, 5.41) is 3.38. The van der Waals surface area contributed by atoms with Crippen LogP contribution in [0.2, 0.25) is 0 Å². The lowest BCUT2D eigenvalue weighted by molar-refractivity contribution is 0.128. The summed E-state index contributed by atoms with van der Waals surface area (Å²) in [7, 11) is 1.68. The fourth-order valence-electron chi connectivity index (χ4n) is 2.30. The van der Waals surface area contributed by atoms with Crippen molar-refractivity contribution < 1.29 is 9.47 Å². The maximum atomic E-state index is 5.99. The molecule has 94 valence electrons. The number of methoxy groups -OCH3 is 1. The molecule has 1 aliphatic rings. The third kappa shape index (κ3) is 3.37. The zero-order valence-corrected chi connectivity index (χ0v) is 10.6. The van der Waals surface area contributed by atoms with Crippen molar-refractivity contribution in [2.24, 2.45) is 5.92 Å². The van der Waals surface area contributed by atoms with Gasteiger partial charge in [0.1, 0.15) is 11.5 Å². The highest BCUT2D eigenvalue weighted by molar-refractivity contribution is 5.32. The summed E-state index contributed by atoms with van der Waals surface area (Å²) in [5.41, 5.74) is 0. The van der Waals surface area contributed by atoms with Crippen molar-refractivity contribution in [3.8, 4) is 11.5 Å². The van der Waals surface area contributed by atoms with E-state index in [1.165, 1.54) is 12.8 Å². The van der Waals surface area contributed by atoms with Gasteiger partial charge in [-0.15, -0.1) is 0 Å². The first-order chi connectivity index (χ1) is 8.29. The first kappa shape index (κ1) is 12.2. The molecule has 0 spiro atoms. The second kappa shape index (κ2) is 5.92. The Bertz CT molecular complexity index is 348. The minimum atomic E-state index is 0.268. The van der Waals surface area contributed by atoms with Crippen LogP contribution in [0.3, 0.4) is 0 Å². The molecule has 1 aromatic carbocycles. The van der Waals surface area contributed by atoms with Gasteiger partial charge in [-0.05, 0) is 50.9 Å². The summed E-state index contributed by atoms with van der Waals surface area (Å²) >= 11 is 0. The van der Waals surface area contributed by atoms with Gasteiger partial charge in [0.25, 0.3) is 0 Å². The largest absolute Gasteiger partial charge is 0.497 e. The Morgan fingerprint density at radius 1 is 1.24 bits per heavy atom. The van der Waals surface area contributed by atoms with Gasteiger partial charge >= 0.3 is 0 Å². The maximum Gasteiger partial charge on any atom is 0.123 e. The molecular weight excluding hydrogens is 214 g/mol. The van der Waals surface area contributed by atoms with E-state index in [9.17, 15) is 0 Å². The number of rotatable bonds is 4. The van der Waals surface area contributed by atoms with Gasteiger partial charge in [-0.25, -0.2) is 0 Å². The van der Waals surface area contributed by atoms with Gasteiger partial charge in [-0.2, -0.15) is 0 Å².